The molecule has 0 aliphatic rings. The monoisotopic (exact) mass is 274 g/mol. The van der Waals surface area contributed by atoms with Crippen molar-refractivity contribution < 1.29 is 19.4 Å². The number of carbonyl (C=O) groups excluding carboxylic acids is 1. The van der Waals surface area contributed by atoms with E-state index in [2.05, 4.69) is 17.6 Å². The van der Waals surface area contributed by atoms with Crippen molar-refractivity contribution in [3.8, 4) is 0 Å². The Morgan fingerprint density at radius 1 is 1.16 bits per heavy atom. The van der Waals surface area contributed by atoms with Crippen molar-refractivity contribution in [2.45, 2.75) is 39.5 Å². The first-order valence-corrected chi connectivity index (χ1v) is 6.94. The summed E-state index contributed by atoms with van der Waals surface area (Å²) in [5, 5.41) is 14.1. The van der Waals surface area contributed by atoms with Crippen molar-refractivity contribution in [3.63, 3.8) is 0 Å². The molecule has 0 aromatic heterocycles. The zero-order valence-corrected chi connectivity index (χ0v) is 11.9. The van der Waals surface area contributed by atoms with Gasteiger partial charge >= 0.3 is 12.0 Å². The summed E-state index contributed by atoms with van der Waals surface area (Å²) in [4.78, 5) is 22.3. The molecular weight excluding hydrogens is 248 g/mol. The van der Waals surface area contributed by atoms with Crippen LogP contribution in [0.3, 0.4) is 0 Å². The highest BCUT2D eigenvalue weighted by Gasteiger charge is 2.16. The number of hydrogen-bond donors (Lipinski definition) is 3. The normalized spacial score (nSPS) is 11.9. The van der Waals surface area contributed by atoms with Crippen LogP contribution in [0.5, 0.6) is 0 Å². The van der Waals surface area contributed by atoms with E-state index in [0.29, 0.717) is 26.2 Å². The van der Waals surface area contributed by atoms with Crippen molar-refractivity contribution in [3.05, 3.63) is 0 Å². The first-order valence-electron chi connectivity index (χ1n) is 6.94. The van der Waals surface area contributed by atoms with Gasteiger partial charge in [0.15, 0.2) is 0 Å². The van der Waals surface area contributed by atoms with E-state index < -0.39 is 11.9 Å². The minimum Gasteiger partial charge on any atom is -0.481 e. The highest BCUT2D eigenvalue weighted by atomic mass is 16.5. The number of carbonyl (C=O) groups is 2. The fourth-order valence-corrected chi connectivity index (χ4v) is 1.52. The van der Waals surface area contributed by atoms with E-state index in [1.54, 1.807) is 0 Å². The number of ether oxygens (including phenoxy) is 1. The molecule has 0 bridgehead atoms. The molecule has 0 aromatic rings. The Kier molecular flexibility index (Phi) is 11.0. The van der Waals surface area contributed by atoms with Crippen LogP contribution in [-0.2, 0) is 9.53 Å². The largest absolute Gasteiger partial charge is 0.481 e. The third kappa shape index (κ3) is 10.3. The molecule has 1 atom stereocenters. The van der Waals surface area contributed by atoms with Gasteiger partial charge in [-0.15, -0.1) is 0 Å². The van der Waals surface area contributed by atoms with E-state index in [0.717, 1.165) is 19.3 Å². The van der Waals surface area contributed by atoms with E-state index in [-0.39, 0.29) is 12.6 Å². The van der Waals surface area contributed by atoms with Gasteiger partial charge in [-0.1, -0.05) is 26.7 Å². The molecule has 19 heavy (non-hydrogen) atoms. The first-order chi connectivity index (χ1) is 9.11. The number of rotatable bonds is 11. The fraction of sp³-hybridized carbons (Fsp3) is 0.846. The summed E-state index contributed by atoms with van der Waals surface area (Å²) in [5.41, 5.74) is 0. The molecule has 0 aliphatic carbocycles. The minimum atomic E-state index is -0.870. The molecule has 6 nitrogen and oxygen atoms in total. The van der Waals surface area contributed by atoms with Gasteiger partial charge < -0.3 is 20.5 Å². The highest BCUT2D eigenvalue weighted by molar-refractivity contribution is 5.75. The number of nitrogens with one attached hydrogen (secondary N) is 2. The van der Waals surface area contributed by atoms with Gasteiger partial charge in [0, 0.05) is 19.7 Å². The maximum absolute atomic E-state index is 11.4. The van der Waals surface area contributed by atoms with Gasteiger partial charge in [-0.05, 0) is 12.8 Å². The Balaban J connectivity index is 3.59. The molecule has 0 aromatic carbocycles. The fourth-order valence-electron chi connectivity index (χ4n) is 1.52. The standard InChI is InChI=1S/C13H26N2O4/c1-3-5-8-19-9-7-14-13(18)15-10-11(6-4-2)12(16)17/h11H,3-10H2,1-2H3,(H,16,17)(H2,14,15,18). The van der Waals surface area contributed by atoms with Crippen LogP contribution in [0.2, 0.25) is 0 Å². The van der Waals surface area contributed by atoms with Crippen molar-refractivity contribution in [1.29, 1.82) is 0 Å². The Morgan fingerprint density at radius 3 is 2.47 bits per heavy atom. The lowest BCUT2D eigenvalue weighted by molar-refractivity contribution is -0.141. The summed E-state index contributed by atoms with van der Waals surface area (Å²) in [7, 11) is 0. The Hall–Kier alpha value is -1.30. The molecule has 1 unspecified atom stereocenters. The average molecular weight is 274 g/mol. The molecule has 0 rings (SSSR count). The molecule has 0 saturated heterocycles. The molecule has 3 N–H and O–H groups in total. The summed E-state index contributed by atoms with van der Waals surface area (Å²) in [5.74, 6) is -1.39. The van der Waals surface area contributed by atoms with Crippen LogP contribution in [0, 0.1) is 5.92 Å². The average Bonchev–Trinajstić information content (AvgIpc) is 2.38. The molecule has 2 amide bonds. The van der Waals surface area contributed by atoms with Crippen LogP contribution >= 0.6 is 0 Å². The highest BCUT2D eigenvalue weighted by Crippen LogP contribution is 2.04. The summed E-state index contributed by atoms with van der Waals surface area (Å²) in [6, 6.07) is -0.346. The Morgan fingerprint density at radius 2 is 1.89 bits per heavy atom. The Bertz CT molecular complexity index is 259. The minimum absolute atomic E-state index is 0.158. The topological polar surface area (TPSA) is 87.7 Å². The van der Waals surface area contributed by atoms with Gasteiger partial charge in [0.25, 0.3) is 0 Å². The second-order valence-corrected chi connectivity index (χ2v) is 4.43. The number of urea groups is 1. The molecule has 6 heteroatoms. The molecule has 0 spiro atoms. The number of carboxylic acid groups (broad SMARTS) is 1. The molecular formula is C13H26N2O4. The number of carboxylic acids is 1. The SMILES string of the molecule is CCCCOCCNC(=O)NCC(CCC)C(=O)O. The van der Waals surface area contributed by atoms with Crippen LogP contribution in [0.1, 0.15) is 39.5 Å². The van der Waals surface area contributed by atoms with Gasteiger partial charge in [0.05, 0.1) is 12.5 Å². The summed E-state index contributed by atoms with van der Waals surface area (Å²) >= 11 is 0. The molecule has 0 heterocycles. The maximum Gasteiger partial charge on any atom is 0.314 e. The number of aliphatic carboxylic acids is 1. The second kappa shape index (κ2) is 11.8. The van der Waals surface area contributed by atoms with Crippen LogP contribution in [0.15, 0.2) is 0 Å². The zero-order valence-electron chi connectivity index (χ0n) is 11.9. The first kappa shape index (κ1) is 17.7. The van der Waals surface area contributed by atoms with Crippen LogP contribution < -0.4 is 10.6 Å². The third-order valence-electron chi connectivity index (χ3n) is 2.67. The van der Waals surface area contributed by atoms with E-state index in [4.69, 9.17) is 9.84 Å². The molecule has 112 valence electrons. The third-order valence-corrected chi connectivity index (χ3v) is 2.67. The van der Waals surface area contributed by atoms with Crippen LogP contribution in [0.4, 0.5) is 4.79 Å². The van der Waals surface area contributed by atoms with Gasteiger partial charge in [-0.2, -0.15) is 0 Å². The van der Waals surface area contributed by atoms with Gasteiger partial charge in [0.2, 0.25) is 0 Å². The van der Waals surface area contributed by atoms with E-state index >= 15 is 0 Å². The van der Waals surface area contributed by atoms with Crippen molar-refractivity contribution in [2.75, 3.05) is 26.3 Å². The Labute approximate surface area is 114 Å². The predicted molar refractivity (Wildman–Crippen MR) is 73.2 cm³/mol. The smallest absolute Gasteiger partial charge is 0.314 e. The van der Waals surface area contributed by atoms with Gasteiger partial charge in [0.1, 0.15) is 0 Å². The summed E-state index contributed by atoms with van der Waals surface area (Å²) in [6.45, 7) is 5.78. The quantitative estimate of drug-likeness (QED) is 0.499. The van der Waals surface area contributed by atoms with E-state index in [1.165, 1.54) is 0 Å². The lowest BCUT2D eigenvalue weighted by Crippen LogP contribution is -2.41. The molecule has 0 fully saturated rings. The van der Waals surface area contributed by atoms with Crippen molar-refractivity contribution in [1.82, 2.24) is 10.6 Å². The zero-order chi connectivity index (χ0) is 14.5. The summed E-state index contributed by atoms with van der Waals surface area (Å²) in [6.07, 6.45) is 3.45. The number of unbranched alkanes of at least 4 members (excludes halogenated alkanes) is 1. The number of amides is 2. The van der Waals surface area contributed by atoms with Crippen LogP contribution in [0.25, 0.3) is 0 Å². The number of hydrogen-bond acceptors (Lipinski definition) is 3. The lowest BCUT2D eigenvalue weighted by atomic mass is 10.0. The summed E-state index contributed by atoms with van der Waals surface area (Å²) < 4.78 is 5.29. The van der Waals surface area contributed by atoms with Gasteiger partial charge in [-0.3, -0.25) is 4.79 Å². The van der Waals surface area contributed by atoms with Crippen molar-refractivity contribution in [2.24, 2.45) is 5.92 Å². The van der Waals surface area contributed by atoms with Gasteiger partial charge in [-0.25, -0.2) is 4.79 Å². The second-order valence-electron chi connectivity index (χ2n) is 4.43. The maximum atomic E-state index is 11.4. The van der Waals surface area contributed by atoms with Crippen molar-refractivity contribution >= 4 is 12.0 Å². The predicted octanol–water partition coefficient (Wildman–Crippen LogP) is 1.60. The molecule has 0 aliphatic heterocycles. The lowest BCUT2D eigenvalue weighted by Gasteiger charge is -2.13. The van der Waals surface area contributed by atoms with Crippen LogP contribution in [-0.4, -0.2) is 43.4 Å². The van der Waals surface area contributed by atoms with E-state index in [1.807, 2.05) is 6.92 Å². The molecule has 0 saturated carbocycles. The van der Waals surface area contributed by atoms with E-state index in [9.17, 15) is 9.59 Å². The molecule has 0 radical (unpaired) electrons.